The maximum absolute atomic E-state index is 13.5. The normalized spacial score (nSPS) is 16.8. The molecule has 4 heterocycles. The second-order valence-electron chi connectivity index (χ2n) is 11.5. The fourth-order valence-electron chi connectivity index (χ4n) is 5.75. The van der Waals surface area contributed by atoms with E-state index in [0.717, 1.165) is 18.5 Å². The lowest BCUT2D eigenvalue weighted by Gasteiger charge is -2.35. The fraction of sp³-hybridized carbons (Fsp3) is 0.469. The van der Waals surface area contributed by atoms with Crippen LogP contribution >= 0.6 is 0 Å². The van der Waals surface area contributed by atoms with Gasteiger partial charge in [-0.1, -0.05) is 23.4 Å². The van der Waals surface area contributed by atoms with Crippen molar-refractivity contribution >= 4 is 29.8 Å². The number of hydrogen-bond donors (Lipinski definition) is 2. The number of nitrogens with one attached hydrogen (secondary N) is 1. The third-order valence-electron chi connectivity index (χ3n) is 8.17. The number of aryl methyl sites for hydroxylation is 1. The van der Waals surface area contributed by atoms with Gasteiger partial charge in [-0.05, 0) is 45.2 Å². The summed E-state index contributed by atoms with van der Waals surface area (Å²) in [5.74, 6) is -1.87. The number of hydrogen-bond acceptors (Lipinski definition) is 10. The Morgan fingerprint density at radius 1 is 1.04 bits per heavy atom. The van der Waals surface area contributed by atoms with Crippen LogP contribution < -0.4 is 10.1 Å². The first-order valence-corrected chi connectivity index (χ1v) is 15.9. The number of carboxylic acids is 1. The summed E-state index contributed by atoms with van der Waals surface area (Å²) in [6.45, 7) is 4.81. The molecule has 2 fully saturated rings. The molecule has 2 N–H and O–H groups in total. The van der Waals surface area contributed by atoms with Gasteiger partial charge in [-0.3, -0.25) is 19.2 Å². The first-order chi connectivity index (χ1) is 23.1. The Hall–Kier alpha value is -5.41. The largest absolute Gasteiger partial charge is 0.481 e. The molecule has 1 aromatic carbocycles. The van der Waals surface area contributed by atoms with Gasteiger partial charge in [0, 0.05) is 51.3 Å². The maximum atomic E-state index is 13.5. The van der Waals surface area contributed by atoms with Crippen molar-refractivity contribution in [2.75, 3.05) is 45.9 Å². The average molecular weight is 666 g/mol. The van der Waals surface area contributed by atoms with E-state index in [9.17, 15) is 29.1 Å². The minimum absolute atomic E-state index is 0.0993. The number of carbonyl (C=O) groups excluding carboxylic acids is 4. The number of rotatable bonds is 12. The Labute approximate surface area is 276 Å². The molecule has 0 saturated carbocycles. The van der Waals surface area contributed by atoms with Crippen LogP contribution in [0.3, 0.4) is 0 Å². The summed E-state index contributed by atoms with van der Waals surface area (Å²) in [6, 6.07) is 10.6. The van der Waals surface area contributed by atoms with Crippen LogP contribution in [-0.2, 0) is 19.1 Å². The van der Waals surface area contributed by atoms with Crippen molar-refractivity contribution in [3.63, 3.8) is 0 Å². The standard InChI is InChI=1S/C32H39N7O9/c1-3-46-32(45)37-16-14-36(15-17-37)31(44)23(11-12-29(41)42)33-30(43)24-19-28(39(34-24)22-8-5-4-6-9-22)47-20-27(40)38-13-7-10-25(38)26-18-21(2)35-48-26/h4-6,8-9,18-19,23,25H,3,7,10-17,20H2,1-2H3,(H,33,43)(H,41,42). The molecule has 0 aliphatic carbocycles. The highest BCUT2D eigenvalue weighted by Crippen LogP contribution is 2.32. The van der Waals surface area contributed by atoms with Crippen molar-refractivity contribution in [3.8, 4) is 11.6 Å². The van der Waals surface area contributed by atoms with E-state index in [0.29, 0.717) is 18.0 Å². The Morgan fingerprint density at radius 2 is 1.77 bits per heavy atom. The minimum atomic E-state index is -1.16. The lowest BCUT2D eigenvalue weighted by Crippen LogP contribution is -2.56. The number of benzene rings is 1. The van der Waals surface area contributed by atoms with Gasteiger partial charge in [0.25, 0.3) is 11.8 Å². The molecule has 0 bridgehead atoms. The number of carboxylic acid groups (broad SMARTS) is 1. The maximum Gasteiger partial charge on any atom is 0.409 e. The smallest absolute Gasteiger partial charge is 0.409 e. The molecule has 5 rings (SSSR count). The molecule has 16 heteroatoms. The predicted octanol–water partition coefficient (Wildman–Crippen LogP) is 2.18. The number of aliphatic carboxylic acids is 1. The second kappa shape index (κ2) is 15.5. The predicted molar refractivity (Wildman–Crippen MR) is 167 cm³/mol. The van der Waals surface area contributed by atoms with Crippen molar-refractivity contribution in [3.05, 3.63) is 59.6 Å². The van der Waals surface area contributed by atoms with Gasteiger partial charge in [0.15, 0.2) is 18.1 Å². The van der Waals surface area contributed by atoms with Gasteiger partial charge in [0.1, 0.15) is 6.04 Å². The molecule has 2 aliphatic rings. The molecular formula is C32H39N7O9. The molecule has 4 amide bonds. The third-order valence-corrected chi connectivity index (χ3v) is 8.17. The van der Waals surface area contributed by atoms with E-state index in [1.54, 1.807) is 36.1 Å². The molecule has 2 unspecified atom stereocenters. The van der Waals surface area contributed by atoms with E-state index >= 15 is 0 Å². The zero-order valence-corrected chi connectivity index (χ0v) is 26.9. The van der Waals surface area contributed by atoms with Gasteiger partial charge < -0.3 is 39.1 Å². The summed E-state index contributed by atoms with van der Waals surface area (Å²) in [7, 11) is 0. The van der Waals surface area contributed by atoms with Crippen LogP contribution in [0.4, 0.5) is 4.79 Å². The summed E-state index contributed by atoms with van der Waals surface area (Å²) >= 11 is 0. The van der Waals surface area contributed by atoms with Crippen LogP contribution in [0, 0.1) is 6.92 Å². The van der Waals surface area contributed by atoms with E-state index in [4.69, 9.17) is 14.0 Å². The van der Waals surface area contributed by atoms with Crippen molar-refractivity contribution < 1.29 is 43.1 Å². The number of amides is 4. The molecule has 256 valence electrons. The van der Waals surface area contributed by atoms with Crippen LogP contribution in [0.5, 0.6) is 5.88 Å². The van der Waals surface area contributed by atoms with Gasteiger partial charge in [-0.15, -0.1) is 0 Å². The minimum Gasteiger partial charge on any atom is -0.481 e. The van der Waals surface area contributed by atoms with Gasteiger partial charge in [-0.2, -0.15) is 5.10 Å². The van der Waals surface area contributed by atoms with Crippen LogP contribution in [-0.4, -0.2) is 117 Å². The molecule has 2 aliphatic heterocycles. The molecule has 2 aromatic heterocycles. The topological polar surface area (TPSA) is 190 Å². The quantitative estimate of drug-likeness (QED) is 0.288. The lowest BCUT2D eigenvalue weighted by atomic mass is 10.1. The monoisotopic (exact) mass is 665 g/mol. The van der Waals surface area contributed by atoms with E-state index in [1.807, 2.05) is 19.1 Å². The summed E-state index contributed by atoms with van der Waals surface area (Å²) in [5, 5.41) is 20.3. The Kier molecular flexibility index (Phi) is 10.9. The van der Waals surface area contributed by atoms with Crippen molar-refractivity contribution in [1.29, 1.82) is 0 Å². The van der Waals surface area contributed by atoms with Gasteiger partial charge in [-0.25, -0.2) is 9.48 Å². The van der Waals surface area contributed by atoms with Gasteiger partial charge in [0.05, 0.1) is 24.0 Å². The van der Waals surface area contributed by atoms with E-state index in [2.05, 4.69) is 15.6 Å². The zero-order valence-electron chi connectivity index (χ0n) is 26.9. The van der Waals surface area contributed by atoms with Crippen molar-refractivity contribution in [2.45, 2.75) is 51.6 Å². The molecule has 3 aromatic rings. The van der Waals surface area contributed by atoms with Crippen molar-refractivity contribution in [1.82, 2.24) is 35.0 Å². The Balaban J connectivity index is 1.30. The molecule has 2 atom stereocenters. The summed E-state index contributed by atoms with van der Waals surface area (Å²) < 4.78 is 17.8. The molecule has 0 radical (unpaired) electrons. The van der Waals surface area contributed by atoms with Crippen LogP contribution in [0.15, 0.2) is 47.0 Å². The average Bonchev–Trinajstić information content (AvgIpc) is 3.85. The summed E-state index contributed by atoms with van der Waals surface area (Å²) in [5.41, 5.74) is 1.19. The first-order valence-electron chi connectivity index (χ1n) is 15.9. The van der Waals surface area contributed by atoms with Gasteiger partial charge >= 0.3 is 12.1 Å². The first kappa shape index (κ1) is 33.9. The number of likely N-dealkylation sites (tertiary alicyclic amines) is 1. The van der Waals surface area contributed by atoms with E-state index < -0.39 is 29.9 Å². The molecular weight excluding hydrogens is 626 g/mol. The molecule has 2 saturated heterocycles. The Morgan fingerprint density at radius 3 is 2.44 bits per heavy atom. The third kappa shape index (κ3) is 8.11. The number of ether oxygens (including phenoxy) is 2. The van der Waals surface area contributed by atoms with Crippen LogP contribution in [0.25, 0.3) is 5.69 Å². The molecule has 48 heavy (non-hydrogen) atoms. The zero-order chi connectivity index (χ0) is 34.2. The molecule has 16 nitrogen and oxygen atoms in total. The Bertz CT molecular complexity index is 1610. The number of piperazine rings is 1. The van der Waals surface area contributed by atoms with Crippen LogP contribution in [0.1, 0.15) is 60.6 Å². The fourth-order valence-corrected chi connectivity index (χ4v) is 5.75. The van der Waals surface area contributed by atoms with Crippen molar-refractivity contribution in [2.24, 2.45) is 0 Å². The highest BCUT2D eigenvalue weighted by atomic mass is 16.6. The number of aromatic nitrogens is 3. The van der Waals surface area contributed by atoms with Gasteiger partial charge in [0.2, 0.25) is 11.8 Å². The lowest BCUT2D eigenvalue weighted by molar-refractivity contribution is -0.138. The number of nitrogens with zero attached hydrogens (tertiary/aromatic N) is 6. The number of carbonyl (C=O) groups is 5. The highest BCUT2D eigenvalue weighted by molar-refractivity contribution is 5.96. The summed E-state index contributed by atoms with van der Waals surface area (Å²) in [6.07, 6.45) is 0.538. The number of para-hydroxylation sites is 1. The SMILES string of the molecule is CCOC(=O)N1CCN(C(=O)C(CCC(=O)O)NC(=O)c2cc(OCC(=O)N3CCCC3c3cc(C)no3)n(-c3ccccc3)n2)CC1. The van der Waals surface area contributed by atoms with E-state index in [-0.39, 0.29) is 75.8 Å². The second-order valence-corrected chi connectivity index (χ2v) is 11.5. The molecule has 0 spiro atoms. The van der Waals surface area contributed by atoms with Crippen LogP contribution in [0.2, 0.25) is 0 Å². The summed E-state index contributed by atoms with van der Waals surface area (Å²) in [4.78, 5) is 68.4. The van der Waals surface area contributed by atoms with E-state index in [1.165, 1.54) is 20.5 Å². The highest BCUT2D eigenvalue weighted by Gasteiger charge is 2.34.